The van der Waals surface area contributed by atoms with Gasteiger partial charge in [0.1, 0.15) is 11.5 Å². The Kier molecular flexibility index (Phi) is 12.8. The van der Waals surface area contributed by atoms with Crippen LogP contribution in [0.2, 0.25) is 0 Å². The highest BCUT2D eigenvalue weighted by molar-refractivity contribution is 5.91. The second-order valence-electron chi connectivity index (χ2n) is 13.2. The number of carbonyl (C=O) groups excluding carboxylic acids is 1. The Balaban J connectivity index is 1.34. The van der Waals surface area contributed by atoms with E-state index in [0.29, 0.717) is 52.7 Å². The number of nitrogens with one attached hydrogen (secondary N) is 1. The molecule has 0 spiro atoms. The minimum Gasteiger partial charge on any atom is -0.497 e. The first kappa shape index (κ1) is 38.2. The van der Waals surface area contributed by atoms with Crippen molar-refractivity contribution < 1.29 is 28.5 Å². The lowest BCUT2D eigenvalue weighted by atomic mass is 9.97. The van der Waals surface area contributed by atoms with Gasteiger partial charge in [0, 0.05) is 75.3 Å². The van der Waals surface area contributed by atoms with Crippen molar-refractivity contribution in [2.75, 3.05) is 77.9 Å². The van der Waals surface area contributed by atoms with E-state index in [1.165, 1.54) is 17.6 Å². The first-order valence-corrected chi connectivity index (χ1v) is 17.7. The summed E-state index contributed by atoms with van der Waals surface area (Å²) in [4.78, 5) is 29.3. The summed E-state index contributed by atoms with van der Waals surface area (Å²) in [5.74, 6) is 2.60. The van der Waals surface area contributed by atoms with Crippen LogP contribution in [0.1, 0.15) is 37.0 Å². The van der Waals surface area contributed by atoms with Crippen LogP contribution in [0.25, 0.3) is 11.3 Å². The quantitative estimate of drug-likeness (QED) is 0.133. The van der Waals surface area contributed by atoms with E-state index in [-0.39, 0.29) is 11.8 Å². The van der Waals surface area contributed by atoms with Crippen molar-refractivity contribution in [2.45, 2.75) is 47.1 Å². The number of amides is 1. The number of aromatic nitrogens is 2. The number of rotatable bonds is 14. The van der Waals surface area contributed by atoms with E-state index in [2.05, 4.69) is 60.8 Å². The van der Waals surface area contributed by atoms with Crippen LogP contribution < -0.4 is 33.9 Å². The minimum atomic E-state index is -0.667. The van der Waals surface area contributed by atoms with Gasteiger partial charge in [-0.15, -0.1) is 0 Å². The van der Waals surface area contributed by atoms with E-state index in [4.69, 9.17) is 28.7 Å². The molecule has 1 amide bonds. The molecule has 1 aliphatic heterocycles. The van der Waals surface area contributed by atoms with Crippen LogP contribution in [0.4, 0.5) is 22.1 Å². The number of nitrogens with zero attached hydrogens (tertiary/aromatic N) is 5. The predicted octanol–water partition coefficient (Wildman–Crippen LogP) is 7.27. The van der Waals surface area contributed by atoms with Crippen molar-refractivity contribution in [1.29, 1.82) is 0 Å². The molecule has 12 heteroatoms. The Morgan fingerprint density at radius 3 is 2.27 bits per heavy atom. The molecule has 0 radical (unpaired) electrons. The molecule has 0 saturated carbocycles. The van der Waals surface area contributed by atoms with Gasteiger partial charge in [0.25, 0.3) is 0 Å². The molecular weight excluding hydrogens is 660 g/mol. The molecule has 1 N–H and O–H groups in total. The lowest BCUT2D eigenvalue weighted by Crippen LogP contribution is -2.49. The van der Waals surface area contributed by atoms with Gasteiger partial charge in [0.2, 0.25) is 11.8 Å². The third kappa shape index (κ3) is 9.23. The molecule has 0 atom stereocenters. The van der Waals surface area contributed by atoms with Gasteiger partial charge >= 0.3 is 6.09 Å². The third-order valence-corrected chi connectivity index (χ3v) is 9.68. The van der Waals surface area contributed by atoms with Gasteiger partial charge in [-0.25, -0.2) is 9.78 Å². The molecule has 1 saturated heterocycles. The highest BCUT2D eigenvalue weighted by Gasteiger charge is 2.22. The smallest absolute Gasteiger partial charge is 0.420 e. The molecular formula is C40H52N6O6. The lowest BCUT2D eigenvalue weighted by Gasteiger charge is -2.36. The van der Waals surface area contributed by atoms with Crippen molar-refractivity contribution in [2.24, 2.45) is 0 Å². The van der Waals surface area contributed by atoms with Gasteiger partial charge < -0.3 is 33.9 Å². The maximum atomic E-state index is 13.5. The van der Waals surface area contributed by atoms with E-state index in [1.54, 1.807) is 45.5 Å². The highest BCUT2D eigenvalue weighted by atomic mass is 16.6. The van der Waals surface area contributed by atoms with Crippen LogP contribution in [0.15, 0.2) is 54.6 Å². The number of ether oxygens (including phenoxy) is 5. The zero-order chi connectivity index (χ0) is 37.4. The standard InChI is InChI=1S/C40H52N6O6/c1-26(2)46-20-18-45(19-21-46)17-10-22-51-36-15-12-30(23-37(36)50-9)41-39-42-33(32-14-11-27(3)28(4)29(32)5)25-38(43-39)52-40(47)44(6)34-24-31(48-7)13-16-35(34)49-8/h11-16,23-26H,10,17-22H2,1-9H3,(H,41,42,43). The van der Waals surface area contributed by atoms with E-state index in [9.17, 15) is 4.79 Å². The minimum absolute atomic E-state index is 0.0707. The third-order valence-electron chi connectivity index (χ3n) is 9.68. The molecule has 1 aliphatic rings. The van der Waals surface area contributed by atoms with Gasteiger partial charge in [-0.1, -0.05) is 12.1 Å². The topological polar surface area (TPSA) is 111 Å². The highest BCUT2D eigenvalue weighted by Crippen LogP contribution is 2.35. The van der Waals surface area contributed by atoms with Crippen molar-refractivity contribution in [3.8, 4) is 40.1 Å². The number of hydrogen-bond donors (Lipinski definition) is 1. The Bertz CT molecular complexity index is 1840. The van der Waals surface area contributed by atoms with Crippen LogP contribution in [0.3, 0.4) is 0 Å². The summed E-state index contributed by atoms with van der Waals surface area (Å²) in [6, 6.07) is 17.1. The van der Waals surface area contributed by atoms with E-state index in [1.807, 2.05) is 24.3 Å². The summed E-state index contributed by atoms with van der Waals surface area (Å²) in [5, 5.41) is 3.28. The zero-order valence-electron chi connectivity index (χ0n) is 31.9. The molecule has 52 heavy (non-hydrogen) atoms. The molecule has 278 valence electrons. The Morgan fingerprint density at radius 1 is 0.846 bits per heavy atom. The predicted molar refractivity (Wildman–Crippen MR) is 205 cm³/mol. The van der Waals surface area contributed by atoms with Crippen LogP contribution in [-0.2, 0) is 0 Å². The fraction of sp³-hybridized carbons (Fsp3) is 0.425. The average molecular weight is 713 g/mol. The number of aryl methyl sites for hydroxylation is 1. The van der Waals surface area contributed by atoms with E-state index in [0.717, 1.165) is 55.8 Å². The molecule has 3 aromatic carbocycles. The maximum absolute atomic E-state index is 13.5. The maximum Gasteiger partial charge on any atom is 0.420 e. The molecule has 1 fully saturated rings. The summed E-state index contributed by atoms with van der Waals surface area (Å²) in [6.45, 7) is 16.7. The van der Waals surface area contributed by atoms with Gasteiger partial charge in [-0.05, 0) is 82.0 Å². The van der Waals surface area contributed by atoms with Gasteiger partial charge in [0.05, 0.1) is 39.3 Å². The SMILES string of the molecule is COc1ccc(OC)c(N(C)C(=O)Oc2cc(-c3ccc(C)c(C)c3C)nc(Nc3ccc(OCCCN4CCN(C(C)C)CC4)c(OC)c3)n2)c1. The van der Waals surface area contributed by atoms with Gasteiger partial charge in [0.15, 0.2) is 11.5 Å². The second kappa shape index (κ2) is 17.4. The monoisotopic (exact) mass is 712 g/mol. The molecule has 2 heterocycles. The van der Waals surface area contributed by atoms with E-state index >= 15 is 0 Å². The average Bonchev–Trinajstić information content (AvgIpc) is 3.15. The first-order chi connectivity index (χ1) is 25.0. The van der Waals surface area contributed by atoms with Crippen molar-refractivity contribution in [3.63, 3.8) is 0 Å². The summed E-state index contributed by atoms with van der Waals surface area (Å²) in [6.07, 6.45) is 0.255. The Morgan fingerprint density at radius 2 is 1.58 bits per heavy atom. The molecule has 5 rings (SSSR count). The lowest BCUT2D eigenvalue weighted by molar-refractivity contribution is 0.104. The van der Waals surface area contributed by atoms with Crippen molar-refractivity contribution in [3.05, 3.63) is 71.3 Å². The second-order valence-corrected chi connectivity index (χ2v) is 13.2. The normalized spacial score (nSPS) is 13.5. The molecule has 4 aromatic rings. The fourth-order valence-electron chi connectivity index (χ4n) is 6.19. The largest absolute Gasteiger partial charge is 0.497 e. The van der Waals surface area contributed by atoms with Crippen LogP contribution >= 0.6 is 0 Å². The number of methoxy groups -OCH3 is 3. The van der Waals surface area contributed by atoms with Gasteiger partial charge in [-0.2, -0.15) is 4.98 Å². The fourth-order valence-corrected chi connectivity index (χ4v) is 6.19. The Hall–Kier alpha value is -5.07. The van der Waals surface area contributed by atoms with Crippen LogP contribution in [-0.4, -0.2) is 99.6 Å². The van der Waals surface area contributed by atoms with Crippen molar-refractivity contribution >= 4 is 23.4 Å². The number of anilines is 3. The summed E-state index contributed by atoms with van der Waals surface area (Å²) >= 11 is 0. The first-order valence-electron chi connectivity index (χ1n) is 17.7. The zero-order valence-corrected chi connectivity index (χ0v) is 31.9. The molecule has 0 bridgehead atoms. The number of piperazine rings is 1. The summed E-state index contributed by atoms with van der Waals surface area (Å²) < 4.78 is 28.6. The van der Waals surface area contributed by atoms with Gasteiger partial charge in [-0.3, -0.25) is 9.80 Å². The van der Waals surface area contributed by atoms with Crippen molar-refractivity contribution in [1.82, 2.24) is 19.8 Å². The molecule has 0 unspecified atom stereocenters. The van der Waals surface area contributed by atoms with E-state index < -0.39 is 6.09 Å². The number of hydrogen-bond acceptors (Lipinski definition) is 11. The number of carbonyl (C=O) groups is 1. The summed E-state index contributed by atoms with van der Waals surface area (Å²) in [5.41, 5.74) is 6.05. The Labute approximate surface area is 307 Å². The number of benzene rings is 3. The molecule has 1 aromatic heterocycles. The van der Waals surface area contributed by atoms with Crippen LogP contribution in [0.5, 0.6) is 28.9 Å². The molecule has 0 aliphatic carbocycles. The molecule has 12 nitrogen and oxygen atoms in total. The summed E-state index contributed by atoms with van der Waals surface area (Å²) in [7, 11) is 6.31. The van der Waals surface area contributed by atoms with Crippen LogP contribution in [0, 0.1) is 20.8 Å².